The molecular weight excluding hydrogens is 306 g/mol. The molecule has 3 rings (SSSR count). The molecule has 0 aromatic carbocycles. The summed E-state index contributed by atoms with van der Waals surface area (Å²) in [7, 11) is 1.90. The van der Waals surface area contributed by atoms with Crippen molar-refractivity contribution in [1.82, 2.24) is 25.6 Å². The molecule has 24 heavy (non-hydrogen) atoms. The van der Waals surface area contributed by atoms with Crippen LogP contribution >= 0.6 is 0 Å². The number of hydrogen-bond acceptors (Lipinski definition) is 5. The minimum atomic E-state index is -0.0682. The fourth-order valence-electron chi connectivity index (χ4n) is 3.44. The maximum atomic E-state index is 12.7. The van der Waals surface area contributed by atoms with Gasteiger partial charge in [-0.1, -0.05) is 5.16 Å². The third-order valence-electron chi connectivity index (χ3n) is 4.78. The van der Waals surface area contributed by atoms with Crippen molar-refractivity contribution < 1.29 is 9.32 Å². The number of rotatable bonds is 5. The van der Waals surface area contributed by atoms with Gasteiger partial charge in [0.05, 0.1) is 17.8 Å². The van der Waals surface area contributed by atoms with E-state index in [0.717, 1.165) is 35.5 Å². The topological polar surface area (TPSA) is 85.0 Å². The molecule has 1 unspecified atom stereocenters. The summed E-state index contributed by atoms with van der Waals surface area (Å²) >= 11 is 0. The molecule has 2 aromatic rings. The largest absolute Gasteiger partial charge is 0.361 e. The summed E-state index contributed by atoms with van der Waals surface area (Å²) in [6.07, 6.45) is 4.57. The van der Waals surface area contributed by atoms with Crippen LogP contribution in [-0.4, -0.2) is 40.0 Å². The molecule has 0 saturated carbocycles. The first-order valence-corrected chi connectivity index (χ1v) is 8.37. The zero-order valence-corrected chi connectivity index (χ0v) is 14.7. The highest BCUT2D eigenvalue weighted by Gasteiger charge is 2.35. The van der Waals surface area contributed by atoms with Gasteiger partial charge < -0.3 is 15.2 Å². The van der Waals surface area contributed by atoms with E-state index in [4.69, 9.17) is 4.52 Å². The Kier molecular flexibility index (Phi) is 4.71. The SMILES string of the molecule is Cc1noc(C)c1CC(C)NC(=O)[C@H]1CNC[C@@H]1c1cnn(C)c1. The molecular formula is C17H25N5O2. The zero-order valence-electron chi connectivity index (χ0n) is 14.7. The van der Waals surface area contributed by atoms with Crippen molar-refractivity contribution in [3.8, 4) is 0 Å². The molecule has 0 aliphatic carbocycles. The summed E-state index contributed by atoms with van der Waals surface area (Å²) in [4.78, 5) is 12.7. The van der Waals surface area contributed by atoms with E-state index in [1.807, 2.05) is 40.2 Å². The molecule has 0 spiro atoms. The lowest BCUT2D eigenvalue weighted by atomic mass is 9.90. The normalized spacial score (nSPS) is 21.8. The van der Waals surface area contributed by atoms with Gasteiger partial charge in [-0.05, 0) is 32.8 Å². The highest BCUT2D eigenvalue weighted by Crippen LogP contribution is 2.28. The predicted octanol–water partition coefficient (Wildman–Crippen LogP) is 1.08. The molecule has 2 aromatic heterocycles. The van der Waals surface area contributed by atoms with Gasteiger partial charge in [0.1, 0.15) is 5.76 Å². The molecule has 0 bridgehead atoms. The number of hydrogen-bond donors (Lipinski definition) is 2. The summed E-state index contributed by atoms with van der Waals surface area (Å²) in [6, 6.07) is 0.0319. The van der Waals surface area contributed by atoms with Crippen molar-refractivity contribution in [2.75, 3.05) is 13.1 Å². The first kappa shape index (κ1) is 16.7. The van der Waals surface area contributed by atoms with Crippen LogP contribution in [-0.2, 0) is 18.3 Å². The Morgan fingerprint density at radius 3 is 2.92 bits per heavy atom. The highest BCUT2D eigenvalue weighted by atomic mass is 16.5. The van der Waals surface area contributed by atoms with Gasteiger partial charge in [0.25, 0.3) is 0 Å². The minimum Gasteiger partial charge on any atom is -0.361 e. The lowest BCUT2D eigenvalue weighted by Crippen LogP contribution is -2.40. The number of carbonyl (C=O) groups is 1. The average Bonchev–Trinajstić information content (AvgIpc) is 3.23. The Labute approximate surface area is 141 Å². The van der Waals surface area contributed by atoms with Gasteiger partial charge in [0, 0.05) is 43.9 Å². The van der Waals surface area contributed by atoms with Crippen LogP contribution in [0.1, 0.15) is 35.4 Å². The second kappa shape index (κ2) is 6.76. The van der Waals surface area contributed by atoms with Crippen LogP contribution in [0.5, 0.6) is 0 Å². The monoisotopic (exact) mass is 331 g/mol. The van der Waals surface area contributed by atoms with Crippen LogP contribution < -0.4 is 10.6 Å². The van der Waals surface area contributed by atoms with Crippen LogP contribution in [0.2, 0.25) is 0 Å². The van der Waals surface area contributed by atoms with E-state index in [-0.39, 0.29) is 23.8 Å². The summed E-state index contributed by atoms with van der Waals surface area (Å²) in [5.41, 5.74) is 3.08. The molecule has 1 amide bonds. The van der Waals surface area contributed by atoms with Crippen molar-refractivity contribution in [3.05, 3.63) is 35.0 Å². The van der Waals surface area contributed by atoms with Crippen molar-refractivity contribution in [2.45, 2.75) is 39.2 Å². The van der Waals surface area contributed by atoms with Gasteiger partial charge in [-0.2, -0.15) is 5.10 Å². The van der Waals surface area contributed by atoms with Gasteiger partial charge in [0.2, 0.25) is 5.91 Å². The summed E-state index contributed by atoms with van der Waals surface area (Å²) in [5.74, 6) is 1.02. The van der Waals surface area contributed by atoms with Crippen LogP contribution in [0.15, 0.2) is 16.9 Å². The van der Waals surface area contributed by atoms with Crippen LogP contribution in [0.4, 0.5) is 0 Å². The smallest absolute Gasteiger partial charge is 0.225 e. The van der Waals surface area contributed by atoms with Gasteiger partial charge in [0.15, 0.2) is 0 Å². The van der Waals surface area contributed by atoms with Crippen molar-refractivity contribution in [2.24, 2.45) is 13.0 Å². The number of nitrogens with one attached hydrogen (secondary N) is 2. The minimum absolute atomic E-state index is 0.0319. The molecule has 130 valence electrons. The number of nitrogens with zero attached hydrogens (tertiary/aromatic N) is 3. The van der Waals surface area contributed by atoms with E-state index in [0.29, 0.717) is 6.54 Å². The molecule has 1 fully saturated rings. The third-order valence-corrected chi connectivity index (χ3v) is 4.78. The number of aromatic nitrogens is 3. The Morgan fingerprint density at radius 1 is 1.50 bits per heavy atom. The second-order valence-corrected chi connectivity index (χ2v) is 6.74. The van der Waals surface area contributed by atoms with Crippen LogP contribution in [0.25, 0.3) is 0 Å². The first-order valence-electron chi connectivity index (χ1n) is 8.37. The Balaban J connectivity index is 1.63. The van der Waals surface area contributed by atoms with Gasteiger partial charge in [-0.3, -0.25) is 9.48 Å². The average molecular weight is 331 g/mol. The van der Waals surface area contributed by atoms with Gasteiger partial charge in [-0.25, -0.2) is 0 Å². The Morgan fingerprint density at radius 2 is 2.29 bits per heavy atom. The lowest BCUT2D eigenvalue weighted by molar-refractivity contribution is -0.125. The zero-order chi connectivity index (χ0) is 17.3. The molecule has 2 N–H and O–H groups in total. The first-order chi connectivity index (χ1) is 11.5. The van der Waals surface area contributed by atoms with E-state index in [9.17, 15) is 4.79 Å². The second-order valence-electron chi connectivity index (χ2n) is 6.74. The van der Waals surface area contributed by atoms with Crippen molar-refractivity contribution in [1.29, 1.82) is 0 Å². The molecule has 1 aliphatic heterocycles. The van der Waals surface area contributed by atoms with Crippen LogP contribution in [0.3, 0.4) is 0 Å². The maximum Gasteiger partial charge on any atom is 0.225 e. The van der Waals surface area contributed by atoms with Crippen molar-refractivity contribution >= 4 is 5.91 Å². The molecule has 0 radical (unpaired) electrons. The molecule has 3 heterocycles. The molecule has 7 heteroatoms. The van der Waals surface area contributed by atoms with Crippen molar-refractivity contribution in [3.63, 3.8) is 0 Å². The van der Waals surface area contributed by atoms with E-state index in [1.54, 1.807) is 4.68 Å². The molecule has 1 saturated heterocycles. The fourth-order valence-corrected chi connectivity index (χ4v) is 3.44. The van der Waals surface area contributed by atoms with E-state index < -0.39 is 0 Å². The Bertz CT molecular complexity index is 701. The number of carbonyl (C=O) groups excluding carboxylic acids is 1. The quantitative estimate of drug-likeness (QED) is 0.856. The Hall–Kier alpha value is -2.15. The van der Waals surface area contributed by atoms with E-state index in [1.165, 1.54) is 0 Å². The summed E-state index contributed by atoms with van der Waals surface area (Å²) in [6.45, 7) is 7.36. The number of aryl methyl sites for hydroxylation is 3. The standard InChI is InChI=1S/C17H25N5O2/c1-10(5-14-11(2)21-24-12(14)3)20-17(23)16-8-18-7-15(16)13-6-19-22(4)9-13/h6,9-10,15-16,18H,5,7-8H2,1-4H3,(H,20,23)/t10?,15-,16+/m1/s1. The molecule has 3 atom stereocenters. The molecule has 7 nitrogen and oxygen atoms in total. The molecule has 1 aliphatic rings. The third kappa shape index (κ3) is 3.36. The predicted molar refractivity (Wildman–Crippen MR) is 89.6 cm³/mol. The van der Waals surface area contributed by atoms with E-state index >= 15 is 0 Å². The number of amides is 1. The van der Waals surface area contributed by atoms with E-state index in [2.05, 4.69) is 20.9 Å². The summed E-state index contributed by atoms with van der Waals surface area (Å²) in [5, 5.41) is 14.7. The fraction of sp³-hybridized carbons (Fsp3) is 0.588. The maximum absolute atomic E-state index is 12.7. The van der Waals surface area contributed by atoms with Gasteiger partial charge >= 0.3 is 0 Å². The summed E-state index contributed by atoms with van der Waals surface area (Å²) < 4.78 is 6.98. The van der Waals surface area contributed by atoms with Gasteiger partial charge in [-0.15, -0.1) is 0 Å². The lowest BCUT2D eigenvalue weighted by Gasteiger charge is -2.20. The van der Waals surface area contributed by atoms with Crippen LogP contribution in [0, 0.1) is 19.8 Å². The highest BCUT2D eigenvalue weighted by molar-refractivity contribution is 5.80.